The van der Waals surface area contributed by atoms with Gasteiger partial charge in [0.05, 0.1) is 6.61 Å². The van der Waals surface area contributed by atoms with Crippen molar-refractivity contribution in [3.05, 3.63) is 65.0 Å². The molecule has 0 bridgehead atoms. The summed E-state index contributed by atoms with van der Waals surface area (Å²) in [7, 11) is 0. The summed E-state index contributed by atoms with van der Waals surface area (Å²) in [5.41, 5.74) is 1.67. The molecule has 0 saturated carbocycles. The molecule has 1 heterocycles. The highest BCUT2D eigenvalue weighted by molar-refractivity contribution is 5.93. The van der Waals surface area contributed by atoms with Crippen molar-refractivity contribution in [2.24, 2.45) is 0 Å². The van der Waals surface area contributed by atoms with Crippen LogP contribution in [0.2, 0.25) is 0 Å². The Kier molecular flexibility index (Phi) is 4.84. The zero-order chi connectivity index (χ0) is 17.8. The van der Waals surface area contributed by atoms with Gasteiger partial charge in [0.15, 0.2) is 6.10 Å². The van der Waals surface area contributed by atoms with Gasteiger partial charge in [0.2, 0.25) is 0 Å². The minimum absolute atomic E-state index is 0.291. The van der Waals surface area contributed by atoms with Crippen LogP contribution in [0, 0.1) is 0 Å². The zero-order valence-corrected chi connectivity index (χ0v) is 14.0. The minimum atomic E-state index is -0.749. The Morgan fingerprint density at radius 1 is 1.12 bits per heavy atom. The maximum Gasteiger partial charge on any atom is 0.347 e. The third kappa shape index (κ3) is 3.71. The summed E-state index contributed by atoms with van der Waals surface area (Å²) >= 11 is 0. The second-order valence-corrected chi connectivity index (χ2v) is 5.52. The molecule has 0 unspecified atom stereocenters. The summed E-state index contributed by atoms with van der Waals surface area (Å²) in [6.07, 6.45) is -0.749. The Bertz CT molecular complexity index is 943. The maximum atomic E-state index is 11.9. The standard InChI is InChI=1S/C20H18O5/c1-3-23-20(22)13(2)24-15-9-10-16-17(14-7-5-4-6-8-14)12-19(21)25-18(16)11-15/h4-13H,3H2,1-2H3/t13-/m0/s1. The first-order valence-corrected chi connectivity index (χ1v) is 8.05. The predicted octanol–water partition coefficient (Wildman–Crippen LogP) is 3.79. The van der Waals surface area contributed by atoms with E-state index in [-0.39, 0.29) is 0 Å². The Morgan fingerprint density at radius 2 is 1.88 bits per heavy atom. The molecule has 1 aromatic heterocycles. The highest BCUT2D eigenvalue weighted by Gasteiger charge is 2.16. The van der Waals surface area contributed by atoms with Gasteiger partial charge >= 0.3 is 11.6 Å². The first-order valence-electron chi connectivity index (χ1n) is 8.05. The van der Waals surface area contributed by atoms with Crippen LogP contribution in [0.15, 0.2) is 63.8 Å². The fourth-order valence-corrected chi connectivity index (χ4v) is 2.58. The molecular weight excluding hydrogens is 320 g/mol. The van der Waals surface area contributed by atoms with Crippen LogP contribution in [0.25, 0.3) is 22.1 Å². The average Bonchev–Trinajstić information content (AvgIpc) is 2.61. The van der Waals surface area contributed by atoms with Gasteiger partial charge in [0, 0.05) is 17.5 Å². The number of hydrogen-bond donors (Lipinski definition) is 0. The molecule has 0 N–H and O–H groups in total. The first kappa shape index (κ1) is 16.8. The molecule has 1 atom stereocenters. The van der Waals surface area contributed by atoms with E-state index < -0.39 is 17.7 Å². The second kappa shape index (κ2) is 7.21. The number of rotatable bonds is 5. The number of hydrogen-bond acceptors (Lipinski definition) is 5. The SMILES string of the molecule is CCOC(=O)[C@H](C)Oc1ccc2c(-c3ccccc3)cc(=O)oc2c1. The summed E-state index contributed by atoms with van der Waals surface area (Å²) in [5.74, 6) is -0.0106. The van der Waals surface area contributed by atoms with Crippen molar-refractivity contribution in [1.82, 2.24) is 0 Å². The number of ether oxygens (including phenoxy) is 2. The second-order valence-electron chi connectivity index (χ2n) is 5.52. The van der Waals surface area contributed by atoms with E-state index in [1.54, 1.807) is 26.0 Å². The van der Waals surface area contributed by atoms with Crippen molar-refractivity contribution in [2.45, 2.75) is 20.0 Å². The molecule has 2 aromatic carbocycles. The molecule has 25 heavy (non-hydrogen) atoms. The smallest absolute Gasteiger partial charge is 0.347 e. The molecule has 3 aromatic rings. The van der Waals surface area contributed by atoms with Crippen LogP contribution in [0.1, 0.15) is 13.8 Å². The van der Waals surface area contributed by atoms with E-state index in [9.17, 15) is 9.59 Å². The monoisotopic (exact) mass is 338 g/mol. The topological polar surface area (TPSA) is 65.7 Å². The van der Waals surface area contributed by atoms with Gasteiger partial charge in [0.1, 0.15) is 11.3 Å². The Morgan fingerprint density at radius 3 is 2.60 bits per heavy atom. The molecule has 0 fully saturated rings. The quantitative estimate of drug-likeness (QED) is 0.523. The van der Waals surface area contributed by atoms with E-state index in [1.165, 1.54) is 6.07 Å². The van der Waals surface area contributed by atoms with Crippen molar-refractivity contribution in [3.63, 3.8) is 0 Å². The average molecular weight is 338 g/mol. The largest absolute Gasteiger partial charge is 0.479 e. The van der Waals surface area contributed by atoms with Crippen molar-refractivity contribution in [1.29, 1.82) is 0 Å². The van der Waals surface area contributed by atoms with E-state index in [0.29, 0.717) is 17.9 Å². The van der Waals surface area contributed by atoms with E-state index >= 15 is 0 Å². The molecule has 0 saturated heterocycles. The molecule has 3 rings (SSSR count). The Labute approximate surface area is 144 Å². The highest BCUT2D eigenvalue weighted by Crippen LogP contribution is 2.29. The van der Waals surface area contributed by atoms with Crippen LogP contribution in [0.4, 0.5) is 0 Å². The van der Waals surface area contributed by atoms with Crippen LogP contribution < -0.4 is 10.4 Å². The van der Waals surface area contributed by atoms with Crippen molar-refractivity contribution >= 4 is 16.9 Å². The van der Waals surface area contributed by atoms with Gasteiger partial charge < -0.3 is 13.9 Å². The number of esters is 1. The summed E-state index contributed by atoms with van der Waals surface area (Å²) < 4.78 is 15.8. The minimum Gasteiger partial charge on any atom is -0.479 e. The summed E-state index contributed by atoms with van der Waals surface area (Å²) in [4.78, 5) is 23.6. The maximum absolute atomic E-state index is 11.9. The lowest BCUT2D eigenvalue weighted by Gasteiger charge is -2.14. The number of carbonyl (C=O) groups is 1. The van der Waals surface area contributed by atoms with E-state index in [4.69, 9.17) is 13.9 Å². The summed E-state index contributed by atoms with van der Waals surface area (Å²) in [6, 6.07) is 16.2. The van der Waals surface area contributed by atoms with Gasteiger partial charge in [-0.2, -0.15) is 0 Å². The lowest BCUT2D eigenvalue weighted by Crippen LogP contribution is -2.26. The van der Waals surface area contributed by atoms with E-state index in [0.717, 1.165) is 16.5 Å². The third-order valence-corrected chi connectivity index (χ3v) is 3.73. The van der Waals surface area contributed by atoms with Crippen molar-refractivity contribution < 1.29 is 18.7 Å². The number of carbonyl (C=O) groups excluding carboxylic acids is 1. The van der Waals surface area contributed by atoms with Crippen LogP contribution >= 0.6 is 0 Å². The zero-order valence-electron chi connectivity index (χ0n) is 14.0. The molecule has 128 valence electrons. The fourth-order valence-electron chi connectivity index (χ4n) is 2.58. The normalized spacial score (nSPS) is 11.9. The highest BCUT2D eigenvalue weighted by atomic mass is 16.6. The number of fused-ring (bicyclic) bond motifs is 1. The van der Waals surface area contributed by atoms with Crippen molar-refractivity contribution in [3.8, 4) is 16.9 Å². The van der Waals surface area contributed by atoms with Crippen LogP contribution in [0.3, 0.4) is 0 Å². The fraction of sp³-hybridized carbons (Fsp3) is 0.200. The van der Waals surface area contributed by atoms with Crippen molar-refractivity contribution in [2.75, 3.05) is 6.61 Å². The van der Waals surface area contributed by atoms with Gasteiger partial charge in [-0.25, -0.2) is 9.59 Å². The van der Waals surface area contributed by atoms with E-state index in [2.05, 4.69) is 0 Å². The van der Waals surface area contributed by atoms with Gasteiger partial charge in [-0.05, 0) is 37.1 Å². The molecule has 0 radical (unpaired) electrons. The lowest BCUT2D eigenvalue weighted by molar-refractivity contribution is -0.150. The summed E-state index contributed by atoms with van der Waals surface area (Å²) in [5, 5.41) is 0.793. The molecule has 5 nitrogen and oxygen atoms in total. The molecular formula is C20H18O5. The van der Waals surface area contributed by atoms with Gasteiger partial charge in [-0.3, -0.25) is 0 Å². The summed E-state index contributed by atoms with van der Waals surface area (Å²) in [6.45, 7) is 3.64. The molecule has 0 aliphatic rings. The van der Waals surface area contributed by atoms with Gasteiger partial charge in [-0.15, -0.1) is 0 Å². The Balaban J connectivity index is 1.99. The molecule has 0 amide bonds. The van der Waals surface area contributed by atoms with Crippen LogP contribution in [0.5, 0.6) is 5.75 Å². The van der Waals surface area contributed by atoms with Gasteiger partial charge in [-0.1, -0.05) is 30.3 Å². The Hall–Kier alpha value is -3.08. The number of benzene rings is 2. The van der Waals surface area contributed by atoms with Crippen LogP contribution in [-0.4, -0.2) is 18.7 Å². The molecule has 0 aliphatic carbocycles. The molecule has 5 heteroatoms. The van der Waals surface area contributed by atoms with Gasteiger partial charge in [0.25, 0.3) is 0 Å². The molecule has 0 aliphatic heterocycles. The lowest BCUT2D eigenvalue weighted by atomic mass is 10.0. The predicted molar refractivity (Wildman–Crippen MR) is 94.6 cm³/mol. The first-order chi connectivity index (χ1) is 12.1. The molecule has 0 spiro atoms. The van der Waals surface area contributed by atoms with E-state index in [1.807, 2.05) is 36.4 Å². The third-order valence-electron chi connectivity index (χ3n) is 3.73. The van der Waals surface area contributed by atoms with Crippen LogP contribution in [-0.2, 0) is 9.53 Å².